The third-order valence-corrected chi connectivity index (χ3v) is 4.71. The Hall–Kier alpha value is -0.380. The second-order valence-corrected chi connectivity index (χ2v) is 6.50. The molecule has 86 valence electrons. The molecule has 0 saturated heterocycles. The van der Waals surface area contributed by atoms with E-state index in [-0.39, 0.29) is 0 Å². The van der Waals surface area contributed by atoms with Gasteiger partial charge in [-0.1, -0.05) is 51.9 Å². The first-order valence-corrected chi connectivity index (χ1v) is 8.03. The molecular weight excluding hydrogens is 234 g/mol. The molecule has 0 bridgehead atoms. The molecule has 1 aliphatic rings. The topological polar surface area (TPSA) is 3.24 Å². The molecule has 0 atom stereocenters. The minimum atomic E-state index is 1.08. The van der Waals surface area contributed by atoms with Crippen LogP contribution in [-0.4, -0.2) is 31.3 Å². The van der Waals surface area contributed by atoms with E-state index in [0.717, 1.165) is 6.54 Å². The Labute approximate surface area is 106 Å². The Morgan fingerprint density at radius 3 is 2.62 bits per heavy atom. The molecule has 0 aliphatic carbocycles. The summed E-state index contributed by atoms with van der Waals surface area (Å²) in [6.07, 6.45) is 3.34. The van der Waals surface area contributed by atoms with Crippen LogP contribution in [0.25, 0.3) is 5.57 Å². The second kappa shape index (κ2) is 5.80. The molecule has 0 aromatic heterocycles. The number of likely N-dealkylation sites (N-methyl/N-ethyl adjacent to an activating group) is 1. The fourth-order valence-corrected chi connectivity index (χ4v) is 3.78. The van der Waals surface area contributed by atoms with Crippen LogP contribution in [0.15, 0.2) is 35.2 Å². The maximum atomic E-state index is 2.40. The van der Waals surface area contributed by atoms with Gasteiger partial charge in [-0.2, -0.15) is 0 Å². The highest BCUT2D eigenvalue weighted by Gasteiger charge is 2.17. The van der Waals surface area contributed by atoms with Crippen molar-refractivity contribution in [2.24, 2.45) is 0 Å². The number of hydrogen-bond acceptors (Lipinski definition) is 3. The zero-order valence-electron chi connectivity index (χ0n) is 9.77. The summed E-state index contributed by atoms with van der Waals surface area (Å²) in [5.74, 6) is 0. The lowest BCUT2D eigenvalue weighted by atomic mass is 10.0. The molecule has 1 aromatic carbocycles. The van der Waals surface area contributed by atoms with Crippen molar-refractivity contribution in [3.8, 4) is 0 Å². The Kier molecular flexibility index (Phi) is 4.38. The van der Waals surface area contributed by atoms with Crippen molar-refractivity contribution in [3.05, 3.63) is 40.8 Å². The number of hydrogen-bond donors (Lipinski definition) is 0. The second-order valence-electron chi connectivity index (χ2n) is 4.01. The van der Waals surface area contributed by atoms with Gasteiger partial charge in [0, 0.05) is 18.0 Å². The summed E-state index contributed by atoms with van der Waals surface area (Å²) in [4.78, 5) is 3.95. The van der Waals surface area contributed by atoms with Crippen molar-refractivity contribution >= 4 is 27.2 Å². The first-order valence-electron chi connectivity index (χ1n) is 5.48. The highest BCUT2D eigenvalue weighted by atomic mass is 33.1. The molecule has 0 spiro atoms. The Morgan fingerprint density at radius 1 is 1.19 bits per heavy atom. The Bertz CT molecular complexity index is 373. The fraction of sp³-hybridized carbons (Fsp3) is 0.385. The van der Waals surface area contributed by atoms with E-state index in [2.05, 4.69) is 48.5 Å². The third-order valence-electron chi connectivity index (χ3n) is 2.79. The molecule has 1 aliphatic heterocycles. The van der Waals surface area contributed by atoms with Crippen LogP contribution in [0.3, 0.4) is 0 Å². The van der Waals surface area contributed by atoms with Gasteiger partial charge in [-0.3, -0.25) is 0 Å². The first-order chi connectivity index (χ1) is 7.81. The van der Waals surface area contributed by atoms with Gasteiger partial charge in [-0.25, -0.2) is 0 Å². The normalized spacial score (nSPS) is 17.9. The van der Waals surface area contributed by atoms with E-state index in [0.29, 0.717) is 0 Å². The molecule has 1 aromatic rings. The van der Waals surface area contributed by atoms with E-state index in [1.54, 1.807) is 4.91 Å². The molecule has 0 N–H and O–H groups in total. The molecule has 0 radical (unpaired) electrons. The fourth-order valence-electron chi connectivity index (χ4n) is 1.96. The smallest absolute Gasteiger partial charge is 0.0244 e. The quantitative estimate of drug-likeness (QED) is 0.753. The summed E-state index contributed by atoms with van der Waals surface area (Å²) in [5.41, 5.74) is 2.89. The van der Waals surface area contributed by atoms with E-state index in [9.17, 15) is 0 Å². The Balaban J connectivity index is 2.32. The van der Waals surface area contributed by atoms with Crippen molar-refractivity contribution in [2.75, 3.05) is 26.4 Å². The van der Waals surface area contributed by atoms with E-state index < -0.39 is 0 Å². The van der Waals surface area contributed by atoms with E-state index in [1.165, 1.54) is 24.1 Å². The van der Waals surface area contributed by atoms with Crippen LogP contribution in [0, 0.1) is 0 Å². The molecular formula is C13H17NS2. The van der Waals surface area contributed by atoms with Gasteiger partial charge in [0.05, 0.1) is 0 Å². The molecule has 0 saturated carbocycles. The minimum Gasteiger partial charge on any atom is -0.302 e. The predicted molar refractivity (Wildman–Crippen MR) is 76.6 cm³/mol. The lowest BCUT2D eigenvalue weighted by Crippen LogP contribution is -2.26. The average Bonchev–Trinajstić information content (AvgIpc) is 2.33. The summed E-state index contributed by atoms with van der Waals surface area (Å²) in [6.45, 7) is 2.26. The lowest BCUT2D eigenvalue weighted by Gasteiger charge is -2.27. The first kappa shape index (κ1) is 12.1. The third kappa shape index (κ3) is 2.84. The van der Waals surface area contributed by atoms with Gasteiger partial charge in [0.15, 0.2) is 0 Å². The van der Waals surface area contributed by atoms with Gasteiger partial charge in [-0.05, 0) is 30.9 Å². The largest absolute Gasteiger partial charge is 0.302 e. The highest BCUT2D eigenvalue weighted by Crippen LogP contribution is 2.38. The zero-order chi connectivity index (χ0) is 11.4. The summed E-state index contributed by atoms with van der Waals surface area (Å²) in [7, 11) is 5.97. The molecule has 2 rings (SSSR count). The molecule has 0 unspecified atom stereocenters. The van der Waals surface area contributed by atoms with Crippen molar-refractivity contribution < 1.29 is 0 Å². The van der Waals surface area contributed by atoms with E-state index in [4.69, 9.17) is 0 Å². The van der Waals surface area contributed by atoms with E-state index in [1.807, 2.05) is 21.6 Å². The highest BCUT2D eigenvalue weighted by molar-refractivity contribution is 8.78. The minimum absolute atomic E-state index is 1.08. The van der Waals surface area contributed by atoms with Gasteiger partial charge in [0.2, 0.25) is 0 Å². The van der Waals surface area contributed by atoms with Crippen LogP contribution in [0.4, 0.5) is 0 Å². The maximum absolute atomic E-state index is 2.40. The van der Waals surface area contributed by atoms with Crippen molar-refractivity contribution in [2.45, 2.75) is 6.42 Å². The van der Waals surface area contributed by atoms with Crippen molar-refractivity contribution in [1.82, 2.24) is 4.90 Å². The maximum Gasteiger partial charge on any atom is 0.0244 e. The Morgan fingerprint density at radius 2 is 1.94 bits per heavy atom. The van der Waals surface area contributed by atoms with Gasteiger partial charge < -0.3 is 4.90 Å². The summed E-state index contributed by atoms with van der Waals surface area (Å²) >= 11 is 0. The lowest BCUT2D eigenvalue weighted by molar-refractivity contribution is 0.371. The number of rotatable bonds is 3. The van der Waals surface area contributed by atoms with Gasteiger partial charge in [0.25, 0.3) is 0 Å². The molecule has 3 heteroatoms. The summed E-state index contributed by atoms with van der Waals surface area (Å²) < 4.78 is 0. The molecule has 0 amide bonds. The van der Waals surface area contributed by atoms with Crippen LogP contribution in [-0.2, 0) is 0 Å². The average molecular weight is 251 g/mol. The van der Waals surface area contributed by atoms with Crippen molar-refractivity contribution in [3.63, 3.8) is 0 Å². The van der Waals surface area contributed by atoms with Gasteiger partial charge in [0.1, 0.15) is 0 Å². The predicted octanol–water partition coefficient (Wildman–Crippen LogP) is 3.74. The van der Waals surface area contributed by atoms with Crippen LogP contribution >= 0.6 is 21.6 Å². The molecule has 16 heavy (non-hydrogen) atoms. The molecule has 1 nitrogen and oxygen atoms in total. The van der Waals surface area contributed by atoms with E-state index >= 15 is 0 Å². The SMILES string of the molecule is CSSC1=C(c2ccccc2)CN(C)CC1. The van der Waals surface area contributed by atoms with Gasteiger partial charge >= 0.3 is 0 Å². The zero-order valence-corrected chi connectivity index (χ0v) is 11.4. The number of nitrogens with zero attached hydrogens (tertiary/aromatic N) is 1. The summed E-state index contributed by atoms with van der Waals surface area (Å²) in [6, 6.07) is 10.8. The summed E-state index contributed by atoms with van der Waals surface area (Å²) in [5, 5.41) is 0. The van der Waals surface area contributed by atoms with Crippen LogP contribution in [0.1, 0.15) is 12.0 Å². The van der Waals surface area contributed by atoms with Gasteiger partial charge in [-0.15, -0.1) is 0 Å². The number of benzene rings is 1. The van der Waals surface area contributed by atoms with Crippen LogP contribution in [0.2, 0.25) is 0 Å². The van der Waals surface area contributed by atoms with Crippen LogP contribution < -0.4 is 0 Å². The standard InChI is InChI=1S/C13H17NS2/c1-14-9-8-13(16-15-2)12(10-14)11-6-4-3-5-7-11/h3-7H,8-10H2,1-2H3. The molecule has 0 fully saturated rings. The monoisotopic (exact) mass is 251 g/mol. The van der Waals surface area contributed by atoms with Crippen molar-refractivity contribution in [1.29, 1.82) is 0 Å². The van der Waals surface area contributed by atoms with Crippen LogP contribution in [0.5, 0.6) is 0 Å². The molecule has 1 heterocycles.